The molecule has 8 heteroatoms. The summed E-state index contributed by atoms with van der Waals surface area (Å²) in [5.41, 5.74) is 0. The molecule has 29 heavy (non-hydrogen) atoms. The fraction of sp³-hybridized carbons (Fsp3) is 0.952. The van der Waals surface area contributed by atoms with E-state index in [4.69, 9.17) is 9.26 Å². The molecule has 0 aromatic heterocycles. The number of carbonyl (C=O) groups is 1. The molecule has 0 aromatic carbocycles. The molecule has 0 bridgehead atoms. The van der Waals surface area contributed by atoms with Crippen molar-refractivity contribution in [2.24, 2.45) is 0 Å². The second-order valence-electron chi connectivity index (χ2n) is 8.22. The average Bonchev–Trinajstić information content (AvgIpc) is 2.60. The first kappa shape index (κ1) is 29.2. The minimum absolute atomic E-state index is 0.161. The number of hydrogen-bond donors (Lipinski definition) is 0. The van der Waals surface area contributed by atoms with Gasteiger partial charge in [-0.05, 0) is 68.5 Å². The molecule has 0 fully saturated rings. The molecule has 0 saturated heterocycles. The zero-order valence-electron chi connectivity index (χ0n) is 20.5. The topological polar surface area (TPSA) is 45.3 Å². The Morgan fingerprint density at radius 2 is 1.28 bits per heavy atom. The summed E-state index contributed by atoms with van der Waals surface area (Å²) in [6.07, 6.45) is 0. The van der Waals surface area contributed by atoms with Gasteiger partial charge in [-0.15, -0.1) is 0 Å². The standard InChI is InChI=1S/C21H46N3O3PS/c1-11-22(12-2)15-21(25)29-16-26-13-14-27-28(23(17(3)4)18(5)6)24(19(7)8)20(9)10/h17-20H,11-16H2,1-10H3. The second-order valence-corrected chi connectivity index (χ2v) is 10.9. The molecule has 6 nitrogen and oxygen atoms in total. The molecule has 0 unspecified atom stereocenters. The van der Waals surface area contributed by atoms with Crippen LogP contribution >= 0.6 is 20.2 Å². The van der Waals surface area contributed by atoms with Gasteiger partial charge in [0.15, 0.2) is 8.45 Å². The number of likely N-dealkylation sites (N-methyl/N-ethyl adjacent to an activating group) is 1. The Kier molecular flexibility index (Phi) is 16.1. The lowest BCUT2D eigenvalue weighted by molar-refractivity contribution is -0.112. The van der Waals surface area contributed by atoms with Crippen molar-refractivity contribution in [3.63, 3.8) is 0 Å². The molecule has 0 aliphatic heterocycles. The third-order valence-corrected chi connectivity index (χ3v) is 8.28. The Labute approximate surface area is 186 Å². The number of thioether (sulfide) groups is 1. The predicted molar refractivity (Wildman–Crippen MR) is 128 cm³/mol. The highest BCUT2D eigenvalue weighted by atomic mass is 32.2. The fourth-order valence-corrected chi connectivity index (χ4v) is 6.18. The number of ether oxygens (including phenoxy) is 1. The van der Waals surface area contributed by atoms with Gasteiger partial charge >= 0.3 is 0 Å². The largest absolute Gasteiger partial charge is 0.368 e. The van der Waals surface area contributed by atoms with Crippen LogP contribution in [0.4, 0.5) is 0 Å². The van der Waals surface area contributed by atoms with Crippen LogP contribution in [0.5, 0.6) is 0 Å². The van der Waals surface area contributed by atoms with Crippen LogP contribution in [-0.4, -0.2) is 82.3 Å². The number of hydrogen-bond acceptors (Lipinski definition) is 7. The number of carbonyl (C=O) groups excluding carboxylic acids is 1. The molecule has 0 aliphatic rings. The molecule has 0 aliphatic carbocycles. The smallest absolute Gasteiger partial charge is 0.205 e. The molecule has 0 heterocycles. The minimum Gasteiger partial charge on any atom is -0.368 e. The number of rotatable bonds is 16. The van der Waals surface area contributed by atoms with Gasteiger partial charge in [0.25, 0.3) is 0 Å². The Hall–Kier alpha value is 0.250. The first-order valence-corrected chi connectivity index (χ1v) is 13.2. The lowest BCUT2D eigenvalue weighted by Crippen LogP contribution is -2.43. The molecule has 0 atom stereocenters. The Morgan fingerprint density at radius 1 is 0.828 bits per heavy atom. The molecular formula is C21H46N3O3PS. The average molecular weight is 452 g/mol. The monoisotopic (exact) mass is 451 g/mol. The van der Waals surface area contributed by atoms with Crippen LogP contribution in [0.1, 0.15) is 69.2 Å². The van der Waals surface area contributed by atoms with E-state index in [9.17, 15) is 4.79 Å². The van der Waals surface area contributed by atoms with Gasteiger partial charge in [0.2, 0.25) is 5.12 Å². The summed E-state index contributed by atoms with van der Waals surface area (Å²) >= 11 is 1.25. The summed E-state index contributed by atoms with van der Waals surface area (Å²) in [5, 5.41) is 0.161. The predicted octanol–water partition coefficient (Wildman–Crippen LogP) is 5.04. The highest BCUT2D eigenvalue weighted by Gasteiger charge is 2.34. The minimum atomic E-state index is -0.889. The summed E-state index contributed by atoms with van der Waals surface area (Å²) in [6, 6.07) is 1.59. The van der Waals surface area contributed by atoms with Gasteiger partial charge in [0.1, 0.15) is 0 Å². The molecule has 0 rings (SSSR count). The first-order chi connectivity index (χ1) is 13.6. The molecule has 0 spiro atoms. The van der Waals surface area contributed by atoms with Crippen LogP contribution in [0.2, 0.25) is 0 Å². The third kappa shape index (κ3) is 11.4. The molecule has 0 amide bonds. The van der Waals surface area contributed by atoms with Gasteiger partial charge in [-0.3, -0.25) is 9.69 Å². The summed E-state index contributed by atoms with van der Waals surface area (Å²) in [6.45, 7) is 25.3. The van der Waals surface area contributed by atoms with Gasteiger partial charge in [0.05, 0.1) is 25.7 Å². The Balaban J connectivity index is 4.66. The summed E-state index contributed by atoms with van der Waals surface area (Å²) in [5.74, 6) is 0.386. The first-order valence-electron chi connectivity index (χ1n) is 11.0. The van der Waals surface area contributed by atoms with Crippen molar-refractivity contribution >= 4 is 25.3 Å². The van der Waals surface area contributed by atoms with E-state index >= 15 is 0 Å². The lowest BCUT2D eigenvalue weighted by atomic mass is 10.3. The molecular weight excluding hydrogens is 405 g/mol. The van der Waals surface area contributed by atoms with Crippen LogP contribution in [0.15, 0.2) is 0 Å². The lowest BCUT2D eigenvalue weighted by Gasteiger charge is -2.45. The van der Waals surface area contributed by atoms with E-state index in [2.05, 4.69) is 83.5 Å². The van der Waals surface area contributed by atoms with E-state index in [0.717, 1.165) is 13.1 Å². The zero-order valence-corrected chi connectivity index (χ0v) is 22.2. The SMILES string of the molecule is CCN(CC)CC(=O)SCOCCOP(N(C(C)C)C(C)C)N(C(C)C)C(C)C. The van der Waals surface area contributed by atoms with E-state index < -0.39 is 8.45 Å². The van der Waals surface area contributed by atoms with Crippen LogP contribution in [0, 0.1) is 0 Å². The van der Waals surface area contributed by atoms with E-state index in [0.29, 0.717) is 49.9 Å². The van der Waals surface area contributed by atoms with Gasteiger partial charge in [0, 0.05) is 24.2 Å². The van der Waals surface area contributed by atoms with E-state index in [1.807, 2.05) is 0 Å². The highest BCUT2D eigenvalue weighted by molar-refractivity contribution is 8.13. The van der Waals surface area contributed by atoms with Crippen molar-refractivity contribution in [2.75, 3.05) is 38.8 Å². The Morgan fingerprint density at radius 3 is 1.66 bits per heavy atom. The van der Waals surface area contributed by atoms with Crippen LogP contribution in [0.3, 0.4) is 0 Å². The van der Waals surface area contributed by atoms with Crippen LogP contribution in [0.25, 0.3) is 0 Å². The van der Waals surface area contributed by atoms with Crippen molar-refractivity contribution in [2.45, 2.75) is 93.4 Å². The van der Waals surface area contributed by atoms with Gasteiger partial charge < -0.3 is 9.26 Å². The molecule has 0 N–H and O–H groups in total. The number of nitrogens with zero attached hydrogens (tertiary/aromatic N) is 3. The second kappa shape index (κ2) is 16.0. The molecule has 0 radical (unpaired) electrons. The summed E-state index contributed by atoms with van der Waals surface area (Å²) in [4.78, 5) is 14.1. The molecule has 0 aromatic rings. The maximum absolute atomic E-state index is 12.0. The third-order valence-electron chi connectivity index (χ3n) is 4.50. The molecule has 0 saturated carbocycles. The van der Waals surface area contributed by atoms with Gasteiger partial charge in [-0.1, -0.05) is 25.6 Å². The van der Waals surface area contributed by atoms with Crippen molar-refractivity contribution in [1.29, 1.82) is 0 Å². The van der Waals surface area contributed by atoms with E-state index in [1.165, 1.54) is 11.8 Å². The van der Waals surface area contributed by atoms with Crippen molar-refractivity contribution < 1.29 is 14.1 Å². The van der Waals surface area contributed by atoms with Crippen molar-refractivity contribution in [3.05, 3.63) is 0 Å². The summed E-state index contributed by atoms with van der Waals surface area (Å²) in [7, 11) is -0.889. The van der Waals surface area contributed by atoms with E-state index in [1.54, 1.807) is 0 Å². The normalized spacial score (nSPS) is 12.9. The zero-order chi connectivity index (χ0) is 22.6. The van der Waals surface area contributed by atoms with Crippen LogP contribution < -0.4 is 0 Å². The maximum Gasteiger partial charge on any atom is 0.205 e. The van der Waals surface area contributed by atoms with Gasteiger partial charge in [-0.25, -0.2) is 9.34 Å². The summed E-state index contributed by atoms with van der Waals surface area (Å²) < 4.78 is 17.0. The maximum atomic E-state index is 12.0. The quantitative estimate of drug-likeness (QED) is 0.185. The fourth-order valence-electron chi connectivity index (χ4n) is 3.25. The van der Waals surface area contributed by atoms with Crippen LogP contribution in [-0.2, 0) is 14.1 Å². The van der Waals surface area contributed by atoms with Crippen molar-refractivity contribution in [3.8, 4) is 0 Å². The Bertz CT molecular complexity index is 399. The van der Waals surface area contributed by atoms with Gasteiger partial charge in [-0.2, -0.15) is 0 Å². The molecule has 174 valence electrons. The van der Waals surface area contributed by atoms with E-state index in [-0.39, 0.29) is 5.12 Å². The van der Waals surface area contributed by atoms with Crippen molar-refractivity contribution in [1.82, 2.24) is 14.2 Å². The highest BCUT2D eigenvalue weighted by Crippen LogP contribution is 2.50.